The Hall–Kier alpha value is -4.23. The monoisotopic (exact) mass is 492 g/mol. The number of anilines is 3. The van der Waals surface area contributed by atoms with Crippen LogP contribution in [0.2, 0.25) is 0 Å². The molecule has 2 unspecified atom stereocenters. The lowest BCUT2D eigenvalue weighted by molar-refractivity contribution is 0.176. The zero-order chi connectivity index (χ0) is 24.8. The van der Waals surface area contributed by atoms with Crippen molar-refractivity contribution in [2.45, 2.75) is 31.5 Å². The number of nitrogens with zero attached hydrogens (tertiary/aromatic N) is 2. The van der Waals surface area contributed by atoms with E-state index in [1.807, 2.05) is 12.1 Å². The Balaban J connectivity index is 1.18. The molecule has 3 N–H and O–H groups in total. The van der Waals surface area contributed by atoms with Crippen LogP contribution in [0.4, 0.5) is 17.1 Å². The van der Waals surface area contributed by atoms with Crippen molar-refractivity contribution in [3.63, 3.8) is 0 Å². The molecule has 7 nitrogen and oxygen atoms in total. The average molecular weight is 493 g/mol. The third kappa shape index (κ3) is 4.01. The van der Waals surface area contributed by atoms with E-state index in [1.165, 1.54) is 16.5 Å². The van der Waals surface area contributed by atoms with Crippen molar-refractivity contribution >= 4 is 28.0 Å². The number of fused-ring (bicyclic) bond motifs is 3. The molecule has 186 valence electrons. The molecule has 0 spiro atoms. The molecule has 0 fully saturated rings. The van der Waals surface area contributed by atoms with Crippen LogP contribution in [0, 0.1) is 0 Å². The number of pyridine rings is 1. The van der Waals surface area contributed by atoms with Crippen LogP contribution in [0.15, 0.2) is 83.9 Å². The first-order chi connectivity index (χ1) is 18.2. The number of furan rings is 1. The second kappa shape index (κ2) is 9.01. The number of ether oxygens (including phenoxy) is 1. The standard InChI is InChI=1S/C30H28N4O3/c35-27-8-6-23-25(9-12-31-30(23)27)33-21-5-7-26-28(15-21)37-29(20-11-14-36-18-20)17-34(26)13-10-19-16-32-24-4-2-1-3-22(19)24/h1-5,7,9,11-12,14-16,18,27,29,32,35H,6,8,10,13,17H2,(H,31,33). The van der Waals surface area contributed by atoms with Crippen LogP contribution in [0.25, 0.3) is 10.9 Å². The molecule has 7 heteroatoms. The van der Waals surface area contributed by atoms with Crippen molar-refractivity contribution in [2.24, 2.45) is 0 Å². The summed E-state index contributed by atoms with van der Waals surface area (Å²) in [5, 5.41) is 15.0. The molecule has 0 saturated heterocycles. The number of aromatic amines is 1. The SMILES string of the molecule is OC1CCc2c(Nc3ccc4c(c3)OC(c3ccoc3)CN4CCc3c[nH]c4ccccc34)ccnc21. The summed E-state index contributed by atoms with van der Waals surface area (Å²) < 4.78 is 11.9. The van der Waals surface area contributed by atoms with E-state index in [0.717, 1.165) is 65.6 Å². The predicted molar refractivity (Wildman–Crippen MR) is 144 cm³/mol. The van der Waals surface area contributed by atoms with Crippen LogP contribution in [0.1, 0.15) is 41.0 Å². The molecule has 1 aliphatic heterocycles. The van der Waals surface area contributed by atoms with E-state index in [0.29, 0.717) is 6.42 Å². The van der Waals surface area contributed by atoms with Gasteiger partial charge >= 0.3 is 0 Å². The van der Waals surface area contributed by atoms with E-state index in [4.69, 9.17) is 9.15 Å². The highest BCUT2D eigenvalue weighted by atomic mass is 16.5. The van der Waals surface area contributed by atoms with Gasteiger partial charge in [0.25, 0.3) is 0 Å². The molecule has 2 aromatic carbocycles. The summed E-state index contributed by atoms with van der Waals surface area (Å²) >= 11 is 0. The summed E-state index contributed by atoms with van der Waals surface area (Å²) in [7, 11) is 0. The van der Waals surface area contributed by atoms with Gasteiger partial charge in [-0.25, -0.2) is 0 Å². The molecule has 0 radical (unpaired) electrons. The molecular weight excluding hydrogens is 464 g/mol. The maximum absolute atomic E-state index is 10.2. The number of aliphatic hydroxyl groups is 1. The Morgan fingerprint density at radius 2 is 2.08 bits per heavy atom. The number of aliphatic hydroxyl groups excluding tert-OH is 1. The maximum atomic E-state index is 10.2. The molecular formula is C30H28N4O3. The Labute approximate surface area is 214 Å². The van der Waals surface area contributed by atoms with Gasteiger partial charge in [-0.3, -0.25) is 4.98 Å². The second-order valence-corrected chi connectivity index (χ2v) is 9.80. The molecule has 37 heavy (non-hydrogen) atoms. The van der Waals surface area contributed by atoms with Crippen LogP contribution in [0.3, 0.4) is 0 Å². The maximum Gasteiger partial charge on any atom is 0.145 e. The van der Waals surface area contributed by atoms with E-state index in [2.05, 4.69) is 68.8 Å². The van der Waals surface area contributed by atoms with Crippen LogP contribution in [0.5, 0.6) is 5.75 Å². The zero-order valence-corrected chi connectivity index (χ0v) is 20.4. The minimum atomic E-state index is -0.481. The van der Waals surface area contributed by atoms with E-state index < -0.39 is 6.10 Å². The zero-order valence-electron chi connectivity index (χ0n) is 20.4. The van der Waals surface area contributed by atoms with Gasteiger partial charge in [0.2, 0.25) is 0 Å². The van der Waals surface area contributed by atoms with Gasteiger partial charge in [-0.2, -0.15) is 0 Å². The first kappa shape index (κ1) is 22.0. The lowest BCUT2D eigenvalue weighted by Crippen LogP contribution is -2.36. The second-order valence-electron chi connectivity index (χ2n) is 9.80. The molecule has 0 saturated carbocycles. The third-order valence-electron chi connectivity index (χ3n) is 7.55. The molecule has 1 aliphatic carbocycles. The molecule has 3 aromatic heterocycles. The number of para-hydroxylation sites is 1. The minimum absolute atomic E-state index is 0.121. The van der Waals surface area contributed by atoms with Crippen LogP contribution < -0.4 is 15.0 Å². The summed E-state index contributed by atoms with van der Waals surface area (Å²) in [6.07, 6.45) is 9.19. The van der Waals surface area contributed by atoms with Crippen molar-refractivity contribution in [2.75, 3.05) is 23.3 Å². The number of hydrogen-bond acceptors (Lipinski definition) is 6. The summed E-state index contributed by atoms with van der Waals surface area (Å²) in [4.78, 5) is 10.2. The Bertz CT molecular complexity index is 1560. The fourth-order valence-corrected chi connectivity index (χ4v) is 5.62. The molecule has 0 amide bonds. The van der Waals surface area contributed by atoms with Gasteiger partial charge in [-0.05, 0) is 60.7 Å². The minimum Gasteiger partial charge on any atom is -0.481 e. The third-order valence-corrected chi connectivity index (χ3v) is 7.55. The van der Waals surface area contributed by atoms with E-state index >= 15 is 0 Å². The van der Waals surface area contributed by atoms with Crippen molar-refractivity contribution in [3.05, 3.63) is 102 Å². The lowest BCUT2D eigenvalue weighted by atomic mass is 10.1. The number of H-pyrrole nitrogens is 1. The van der Waals surface area contributed by atoms with Crippen LogP contribution >= 0.6 is 0 Å². The van der Waals surface area contributed by atoms with E-state index in [-0.39, 0.29) is 6.10 Å². The number of benzene rings is 2. The highest BCUT2D eigenvalue weighted by Gasteiger charge is 2.29. The van der Waals surface area contributed by atoms with E-state index in [1.54, 1.807) is 18.7 Å². The molecule has 5 aromatic rings. The van der Waals surface area contributed by atoms with Crippen LogP contribution in [-0.2, 0) is 12.8 Å². The van der Waals surface area contributed by atoms with Gasteiger partial charge in [-0.1, -0.05) is 18.2 Å². The Morgan fingerprint density at radius 3 is 3.00 bits per heavy atom. The van der Waals surface area contributed by atoms with Crippen molar-refractivity contribution < 1.29 is 14.3 Å². The van der Waals surface area contributed by atoms with Gasteiger partial charge in [-0.15, -0.1) is 0 Å². The summed E-state index contributed by atoms with van der Waals surface area (Å²) in [6, 6.07) is 18.7. The predicted octanol–water partition coefficient (Wildman–Crippen LogP) is 6.06. The Kier molecular flexibility index (Phi) is 5.36. The summed E-state index contributed by atoms with van der Waals surface area (Å²) in [6.45, 7) is 1.62. The molecule has 2 aliphatic rings. The van der Waals surface area contributed by atoms with Crippen molar-refractivity contribution in [1.82, 2.24) is 9.97 Å². The Morgan fingerprint density at radius 1 is 1.14 bits per heavy atom. The first-order valence-electron chi connectivity index (χ1n) is 12.8. The fourth-order valence-electron chi connectivity index (χ4n) is 5.62. The normalized spacial score (nSPS) is 18.5. The van der Waals surface area contributed by atoms with Crippen LogP contribution in [-0.4, -0.2) is 28.2 Å². The van der Waals surface area contributed by atoms with E-state index in [9.17, 15) is 5.11 Å². The van der Waals surface area contributed by atoms with Gasteiger partial charge < -0.3 is 29.5 Å². The lowest BCUT2D eigenvalue weighted by Gasteiger charge is -2.36. The first-order valence-corrected chi connectivity index (χ1v) is 12.8. The quantitative estimate of drug-likeness (QED) is 0.267. The summed E-state index contributed by atoms with van der Waals surface area (Å²) in [5.41, 5.74) is 8.39. The fraction of sp³-hybridized carbons (Fsp3) is 0.233. The molecule has 4 heterocycles. The van der Waals surface area contributed by atoms with Crippen molar-refractivity contribution in [1.29, 1.82) is 0 Å². The highest BCUT2D eigenvalue weighted by Crippen LogP contribution is 2.41. The molecule has 7 rings (SSSR count). The summed E-state index contributed by atoms with van der Waals surface area (Å²) in [5.74, 6) is 0.840. The molecule has 2 atom stereocenters. The average Bonchev–Trinajstić information content (AvgIpc) is 3.68. The number of aromatic nitrogens is 2. The van der Waals surface area contributed by atoms with Gasteiger partial charge in [0, 0.05) is 52.8 Å². The number of rotatable bonds is 6. The van der Waals surface area contributed by atoms with Gasteiger partial charge in [0.15, 0.2) is 0 Å². The molecule has 0 bridgehead atoms. The highest BCUT2D eigenvalue weighted by molar-refractivity contribution is 5.83. The number of nitrogens with one attached hydrogen (secondary N) is 2. The van der Waals surface area contributed by atoms with Gasteiger partial charge in [0.05, 0.1) is 36.6 Å². The largest absolute Gasteiger partial charge is 0.481 e. The topological polar surface area (TPSA) is 86.5 Å². The van der Waals surface area contributed by atoms with Crippen molar-refractivity contribution in [3.8, 4) is 5.75 Å². The van der Waals surface area contributed by atoms with Gasteiger partial charge in [0.1, 0.15) is 11.9 Å². The smallest absolute Gasteiger partial charge is 0.145 e. The number of hydrogen-bond donors (Lipinski definition) is 3.